The molecule has 2 rings (SSSR count). The SMILES string of the molecule is COC(=O)C1(C(=O)O)C(C)C1c1ccccc1. The summed E-state index contributed by atoms with van der Waals surface area (Å²) in [6.07, 6.45) is 0. The van der Waals surface area contributed by atoms with Crippen LogP contribution in [0.1, 0.15) is 18.4 Å². The highest BCUT2D eigenvalue weighted by molar-refractivity contribution is 6.05. The van der Waals surface area contributed by atoms with Crippen LogP contribution in [0.3, 0.4) is 0 Å². The average Bonchev–Trinajstić information content (AvgIpc) is 2.96. The van der Waals surface area contributed by atoms with Gasteiger partial charge >= 0.3 is 11.9 Å². The number of carbonyl (C=O) groups is 2. The third kappa shape index (κ3) is 1.44. The van der Waals surface area contributed by atoms with E-state index in [0.29, 0.717) is 0 Å². The summed E-state index contributed by atoms with van der Waals surface area (Å²) in [5.74, 6) is -2.31. The molecule has 90 valence electrons. The zero-order valence-electron chi connectivity index (χ0n) is 9.71. The molecule has 3 unspecified atom stereocenters. The second kappa shape index (κ2) is 3.87. The number of hydrogen-bond acceptors (Lipinski definition) is 3. The molecule has 1 aliphatic carbocycles. The van der Waals surface area contributed by atoms with E-state index in [4.69, 9.17) is 0 Å². The van der Waals surface area contributed by atoms with E-state index >= 15 is 0 Å². The Morgan fingerprint density at radius 2 is 1.88 bits per heavy atom. The predicted molar refractivity (Wildman–Crippen MR) is 60.4 cm³/mol. The zero-order valence-corrected chi connectivity index (χ0v) is 9.71. The first-order valence-corrected chi connectivity index (χ1v) is 5.43. The van der Waals surface area contributed by atoms with E-state index in [0.717, 1.165) is 5.56 Å². The van der Waals surface area contributed by atoms with Crippen LogP contribution >= 0.6 is 0 Å². The van der Waals surface area contributed by atoms with E-state index in [1.807, 2.05) is 30.3 Å². The first kappa shape index (κ1) is 11.6. The van der Waals surface area contributed by atoms with Gasteiger partial charge in [0.25, 0.3) is 0 Å². The Labute approximate surface area is 99.2 Å². The number of carboxylic acid groups (broad SMARTS) is 1. The van der Waals surface area contributed by atoms with Crippen LogP contribution in [0.25, 0.3) is 0 Å². The minimum Gasteiger partial charge on any atom is -0.480 e. The van der Waals surface area contributed by atoms with Gasteiger partial charge in [0, 0.05) is 5.92 Å². The van der Waals surface area contributed by atoms with Crippen LogP contribution in [0.2, 0.25) is 0 Å². The average molecular weight is 234 g/mol. The Morgan fingerprint density at radius 3 is 2.35 bits per heavy atom. The number of carbonyl (C=O) groups excluding carboxylic acids is 1. The van der Waals surface area contributed by atoms with Gasteiger partial charge in [-0.05, 0) is 11.5 Å². The van der Waals surface area contributed by atoms with Gasteiger partial charge in [-0.2, -0.15) is 0 Å². The van der Waals surface area contributed by atoms with Gasteiger partial charge in [-0.1, -0.05) is 37.3 Å². The van der Waals surface area contributed by atoms with Crippen LogP contribution in [0.15, 0.2) is 30.3 Å². The van der Waals surface area contributed by atoms with Crippen molar-refractivity contribution in [2.45, 2.75) is 12.8 Å². The van der Waals surface area contributed by atoms with Crippen LogP contribution < -0.4 is 0 Å². The zero-order chi connectivity index (χ0) is 12.6. The topological polar surface area (TPSA) is 63.6 Å². The molecule has 1 aromatic rings. The molecule has 0 bridgehead atoms. The van der Waals surface area contributed by atoms with Crippen molar-refractivity contribution in [3.05, 3.63) is 35.9 Å². The van der Waals surface area contributed by atoms with E-state index in [1.54, 1.807) is 6.92 Å². The highest BCUT2D eigenvalue weighted by atomic mass is 16.5. The van der Waals surface area contributed by atoms with Crippen LogP contribution in [-0.4, -0.2) is 24.2 Å². The molecule has 4 heteroatoms. The smallest absolute Gasteiger partial charge is 0.324 e. The van der Waals surface area contributed by atoms with Crippen molar-refractivity contribution in [3.63, 3.8) is 0 Å². The Balaban J connectivity index is 2.40. The Morgan fingerprint density at radius 1 is 1.29 bits per heavy atom. The lowest BCUT2D eigenvalue weighted by Crippen LogP contribution is -2.30. The lowest BCUT2D eigenvalue weighted by atomic mass is 9.99. The molecule has 4 nitrogen and oxygen atoms in total. The van der Waals surface area contributed by atoms with Crippen LogP contribution in [-0.2, 0) is 14.3 Å². The van der Waals surface area contributed by atoms with Gasteiger partial charge in [0.05, 0.1) is 7.11 Å². The lowest BCUT2D eigenvalue weighted by Gasteiger charge is -2.09. The molecule has 0 heterocycles. The Hall–Kier alpha value is -1.84. The van der Waals surface area contributed by atoms with E-state index in [-0.39, 0.29) is 11.8 Å². The third-order valence-corrected chi connectivity index (χ3v) is 3.64. The molecule has 1 aliphatic rings. The maximum atomic E-state index is 11.7. The van der Waals surface area contributed by atoms with Gasteiger partial charge in [-0.25, -0.2) is 0 Å². The second-order valence-electron chi connectivity index (χ2n) is 4.34. The number of methoxy groups -OCH3 is 1. The monoisotopic (exact) mass is 234 g/mol. The molecule has 1 N–H and O–H groups in total. The molecule has 1 fully saturated rings. The van der Waals surface area contributed by atoms with E-state index < -0.39 is 17.4 Å². The van der Waals surface area contributed by atoms with Crippen molar-refractivity contribution in [3.8, 4) is 0 Å². The molecule has 0 spiro atoms. The van der Waals surface area contributed by atoms with Crippen molar-refractivity contribution in [2.24, 2.45) is 11.3 Å². The molecule has 0 radical (unpaired) electrons. The molecule has 1 saturated carbocycles. The minimum atomic E-state index is -1.41. The number of aliphatic carboxylic acids is 1. The van der Waals surface area contributed by atoms with Crippen LogP contribution in [0.4, 0.5) is 0 Å². The molecular formula is C13H14O4. The highest BCUT2D eigenvalue weighted by Crippen LogP contribution is 2.65. The summed E-state index contributed by atoms with van der Waals surface area (Å²) in [5.41, 5.74) is -0.538. The van der Waals surface area contributed by atoms with Gasteiger partial charge in [0.15, 0.2) is 5.41 Å². The summed E-state index contributed by atoms with van der Waals surface area (Å²) in [5, 5.41) is 9.31. The molecule has 1 aromatic carbocycles. The van der Waals surface area contributed by atoms with Crippen molar-refractivity contribution < 1.29 is 19.4 Å². The lowest BCUT2D eigenvalue weighted by molar-refractivity contribution is -0.160. The Bertz CT molecular complexity index is 454. The largest absolute Gasteiger partial charge is 0.480 e. The first-order valence-electron chi connectivity index (χ1n) is 5.43. The number of esters is 1. The van der Waals surface area contributed by atoms with Crippen LogP contribution in [0.5, 0.6) is 0 Å². The van der Waals surface area contributed by atoms with Crippen molar-refractivity contribution in [1.82, 2.24) is 0 Å². The number of benzene rings is 1. The molecule has 0 saturated heterocycles. The minimum absolute atomic E-state index is 0.241. The van der Waals surface area contributed by atoms with Crippen molar-refractivity contribution in [2.75, 3.05) is 7.11 Å². The van der Waals surface area contributed by atoms with Gasteiger partial charge < -0.3 is 9.84 Å². The van der Waals surface area contributed by atoms with Gasteiger partial charge in [-0.3, -0.25) is 9.59 Å². The van der Waals surface area contributed by atoms with E-state index in [1.165, 1.54) is 7.11 Å². The second-order valence-corrected chi connectivity index (χ2v) is 4.34. The fourth-order valence-corrected chi connectivity index (χ4v) is 2.67. The van der Waals surface area contributed by atoms with Gasteiger partial charge in [0.1, 0.15) is 0 Å². The summed E-state index contributed by atoms with van der Waals surface area (Å²) in [6, 6.07) is 9.22. The predicted octanol–water partition coefficient (Wildman–Crippen LogP) is 1.66. The molecule has 0 aromatic heterocycles. The maximum absolute atomic E-state index is 11.7. The summed E-state index contributed by atoms with van der Waals surface area (Å²) in [4.78, 5) is 23.1. The van der Waals surface area contributed by atoms with Crippen LogP contribution in [0, 0.1) is 11.3 Å². The summed E-state index contributed by atoms with van der Waals surface area (Å²) in [6.45, 7) is 1.77. The number of ether oxygens (including phenoxy) is 1. The van der Waals surface area contributed by atoms with Gasteiger partial charge in [-0.15, -0.1) is 0 Å². The standard InChI is InChI=1S/C13H14O4/c1-8-10(9-6-4-3-5-7-9)13(8,11(14)15)12(16)17-2/h3-8,10H,1-2H3,(H,14,15). The number of rotatable bonds is 3. The molecule has 0 amide bonds. The number of carboxylic acids is 1. The normalized spacial score (nSPS) is 30.7. The Kier molecular flexibility index (Phi) is 2.65. The summed E-state index contributed by atoms with van der Waals surface area (Å²) in [7, 11) is 1.22. The number of hydrogen-bond donors (Lipinski definition) is 1. The first-order chi connectivity index (χ1) is 8.06. The van der Waals surface area contributed by atoms with Gasteiger partial charge in [0.2, 0.25) is 0 Å². The molecule has 0 aliphatic heterocycles. The molecular weight excluding hydrogens is 220 g/mol. The summed E-state index contributed by atoms with van der Waals surface area (Å²) >= 11 is 0. The fourth-order valence-electron chi connectivity index (χ4n) is 2.67. The molecule has 3 atom stereocenters. The summed E-state index contributed by atoms with van der Waals surface area (Å²) < 4.78 is 4.64. The van der Waals surface area contributed by atoms with E-state index in [9.17, 15) is 14.7 Å². The highest BCUT2D eigenvalue weighted by Gasteiger charge is 2.74. The van der Waals surface area contributed by atoms with Crippen molar-refractivity contribution in [1.29, 1.82) is 0 Å². The molecule has 17 heavy (non-hydrogen) atoms. The quantitative estimate of drug-likeness (QED) is 0.638. The van der Waals surface area contributed by atoms with Crippen molar-refractivity contribution >= 4 is 11.9 Å². The van der Waals surface area contributed by atoms with E-state index in [2.05, 4.69) is 4.74 Å². The third-order valence-electron chi connectivity index (χ3n) is 3.64. The fraction of sp³-hybridized carbons (Fsp3) is 0.385. The maximum Gasteiger partial charge on any atom is 0.324 e.